The summed E-state index contributed by atoms with van der Waals surface area (Å²) in [7, 11) is 3.30. The number of hydrogen-bond donors (Lipinski definition) is 1. The van der Waals surface area contributed by atoms with E-state index in [1.165, 1.54) is 5.56 Å². The number of guanidine groups is 1. The second-order valence-electron chi connectivity index (χ2n) is 5.13. The molecule has 122 valence electrons. The molecule has 0 bridgehead atoms. The van der Waals surface area contributed by atoms with Crippen LogP contribution in [-0.4, -0.2) is 56.2 Å². The number of nitrogens with zero attached hydrogens (tertiary/aromatic N) is 2. The van der Waals surface area contributed by atoms with Gasteiger partial charge in [0.2, 0.25) is 0 Å². The van der Waals surface area contributed by atoms with E-state index in [1.807, 2.05) is 23.9 Å². The quantitative estimate of drug-likeness (QED) is 0.493. The Bertz CT molecular complexity index is 502. The van der Waals surface area contributed by atoms with Crippen molar-refractivity contribution >= 4 is 17.7 Å². The van der Waals surface area contributed by atoms with E-state index >= 15 is 0 Å². The molecule has 0 atom stereocenters. The van der Waals surface area contributed by atoms with Crippen LogP contribution in [0.15, 0.2) is 23.2 Å². The Morgan fingerprint density at radius 2 is 1.95 bits per heavy atom. The lowest BCUT2D eigenvalue weighted by Crippen LogP contribution is -2.42. The molecule has 2 rings (SSSR count). The van der Waals surface area contributed by atoms with Crippen LogP contribution in [0.1, 0.15) is 12.0 Å². The summed E-state index contributed by atoms with van der Waals surface area (Å²) in [6.45, 7) is 2.77. The van der Waals surface area contributed by atoms with Crippen LogP contribution in [0.5, 0.6) is 11.5 Å². The van der Waals surface area contributed by atoms with Crippen LogP contribution in [-0.2, 0) is 6.42 Å². The van der Waals surface area contributed by atoms with E-state index in [2.05, 4.69) is 16.0 Å². The van der Waals surface area contributed by atoms with Crippen LogP contribution < -0.4 is 15.2 Å². The van der Waals surface area contributed by atoms with Gasteiger partial charge in [-0.1, -0.05) is 6.07 Å². The molecule has 0 unspecified atom stereocenters. The molecular weight excluding hydrogens is 298 g/mol. The van der Waals surface area contributed by atoms with Crippen molar-refractivity contribution in [1.29, 1.82) is 0 Å². The van der Waals surface area contributed by atoms with E-state index in [0.29, 0.717) is 5.96 Å². The summed E-state index contributed by atoms with van der Waals surface area (Å²) >= 11 is 1.97. The number of aryl methyl sites for hydroxylation is 1. The van der Waals surface area contributed by atoms with E-state index in [9.17, 15) is 0 Å². The highest BCUT2D eigenvalue weighted by Crippen LogP contribution is 2.27. The van der Waals surface area contributed by atoms with Gasteiger partial charge in [-0.05, 0) is 30.5 Å². The van der Waals surface area contributed by atoms with Crippen molar-refractivity contribution in [2.24, 2.45) is 10.7 Å². The third-order valence-electron chi connectivity index (χ3n) is 3.68. The maximum atomic E-state index is 6.04. The van der Waals surface area contributed by atoms with Crippen LogP contribution in [0.4, 0.5) is 0 Å². The standard InChI is InChI=1S/C16H25N3O2S/c1-20-14-6-5-13(12-15(14)21-2)4-3-7-18-16(17)19-8-10-22-11-9-19/h5-6,12H,3-4,7-11H2,1-2H3,(H2,17,18). The molecule has 1 heterocycles. The van der Waals surface area contributed by atoms with E-state index in [1.54, 1.807) is 14.2 Å². The zero-order valence-electron chi connectivity index (χ0n) is 13.4. The van der Waals surface area contributed by atoms with Crippen molar-refractivity contribution in [3.05, 3.63) is 23.8 Å². The molecule has 0 radical (unpaired) electrons. The van der Waals surface area contributed by atoms with Gasteiger partial charge in [-0.3, -0.25) is 4.99 Å². The Morgan fingerprint density at radius 1 is 1.23 bits per heavy atom. The van der Waals surface area contributed by atoms with E-state index in [4.69, 9.17) is 15.2 Å². The predicted molar refractivity (Wildman–Crippen MR) is 93.3 cm³/mol. The van der Waals surface area contributed by atoms with E-state index in [-0.39, 0.29) is 0 Å². The van der Waals surface area contributed by atoms with Crippen molar-refractivity contribution < 1.29 is 9.47 Å². The Hall–Kier alpha value is -1.56. The highest BCUT2D eigenvalue weighted by Gasteiger charge is 2.11. The first-order valence-electron chi connectivity index (χ1n) is 7.58. The van der Waals surface area contributed by atoms with E-state index in [0.717, 1.165) is 55.5 Å². The summed E-state index contributed by atoms with van der Waals surface area (Å²) in [4.78, 5) is 6.67. The molecule has 2 N–H and O–H groups in total. The number of nitrogens with two attached hydrogens (primary N) is 1. The zero-order valence-corrected chi connectivity index (χ0v) is 14.2. The highest BCUT2D eigenvalue weighted by atomic mass is 32.2. The maximum Gasteiger partial charge on any atom is 0.191 e. The number of ether oxygens (including phenoxy) is 2. The summed E-state index contributed by atoms with van der Waals surface area (Å²) in [5, 5.41) is 0. The van der Waals surface area contributed by atoms with Crippen LogP contribution in [0, 0.1) is 0 Å². The molecule has 1 saturated heterocycles. The number of hydrogen-bond acceptors (Lipinski definition) is 4. The molecule has 0 spiro atoms. The summed E-state index contributed by atoms with van der Waals surface area (Å²) in [5.41, 5.74) is 7.26. The van der Waals surface area contributed by atoms with Gasteiger partial charge < -0.3 is 20.1 Å². The first-order chi connectivity index (χ1) is 10.7. The van der Waals surface area contributed by atoms with Gasteiger partial charge in [0.25, 0.3) is 0 Å². The second-order valence-corrected chi connectivity index (χ2v) is 6.36. The monoisotopic (exact) mass is 323 g/mol. The Balaban J connectivity index is 1.80. The number of benzene rings is 1. The largest absolute Gasteiger partial charge is 0.493 e. The molecule has 0 saturated carbocycles. The molecular formula is C16H25N3O2S. The molecule has 5 nitrogen and oxygen atoms in total. The summed E-state index contributed by atoms with van der Waals surface area (Å²) in [6.07, 6.45) is 1.92. The normalized spacial score (nSPS) is 15.7. The third-order valence-corrected chi connectivity index (χ3v) is 4.62. The number of methoxy groups -OCH3 is 2. The first kappa shape index (κ1) is 16.8. The van der Waals surface area contributed by atoms with Crippen LogP contribution in [0.25, 0.3) is 0 Å². The molecule has 0 aliphatic carbocycles. The fourth-order valence-corrected chi connectivity index (χ4v) is 3.31. The van der Waals surface area contributed by atoms with Crippen molar-refractivity contribution in [3.63, 3.8) is 0 Å². The second kappa shape index (κ2) is 8.78. The molecule has 1 aliphatic rings. The first-order valence-corrected chi connectivity index (χ1v) is 8.73. The average molecular weight is 323 g/mol. The van der Waals surface area contributed by atoms with E-state index < -0.39 is 0 Å². The fourth-order valence-electron chi connectivity index (χ4n) is 2.41. The van der Waals surface area contributed by atoms with Crippen molar-refractivity contribution in [1.82, 2.24) is 4.90 Å². The number of thioether (sulfide) groups is 1. The lowest BCUT2D eigenvalue weighted by Gasteiger charge is -2.27. The van der Waals surface area contributed by atoms with Gasteiger partial charge in [-0.15, -0.1) is 0 Å². The molecule has 22 heavy (non-hydrogen) atoms. The number of aliphatic imine (C=N–C) groups is 1. The van der Waals surface area contributed by atoms with Gasteiger partial charge in [0.1, 0.15) is 0 Å². The Labute approximate surface area is 136 Å². The SMILES string of the molecule is COc1ccc(CCCN=C(N)N2CCSCC2)cc1OC. The lowest BCUT2D eigenvalue weighted by molar-refractivity contribution is 0.354. The van der Waals surface area contributed by atoms with Gasteiger partial charge >= 0.3 is 0 Å². The summed E-state index contributed by atoms with van der Waals surface area (Å²) < 4.78 is 10.6. The molecule has 1 aromatic rings. The van der Waals surface area contributed by atoms with Gasteiger partial charge in [-0.25, -0.2) is 0 Å². The molecule has 1 fully saturated rings. The Kier molecular flexibility index (Phi) is 6.71. The molecule has 1 aromatic carbocycles. The van der Waals surface area contributed by atoms with Gasteiger partial charge in [0.15, 0.2) is 17.5 Å². The van der Waals surface area contributed by atoms with Crippen LogP contribution >= 0.6 is 11.8 Å². The van der Waals surface area contributed by atoms with Crippen LogP contribution in [0.3, 0.4) is 0 Å². The molecule has 0 aromatic heterocycles. The Morgan fingerprint density at radius 3 is 2.64 bits per heavy atom. The molecule has 0 amide bonds. The van der Waals surface area contributed by atoms with Crippen molar-refractivity contribution in [2.45, 2.75) is 12.8 Å². The average Bonchev–Trinajstić information content (AvgIpc) is 2.59. The molecule has 1 aliphatic heterocycles. The molecule has 6 heteroatoms. The smallest absolute Gasteiger partial charge is 0.191 e. The zero-order chi connectivity index (χ0) is 15.8. The number of rotatable bonds is 6. The van der Waals surface area contributed by atoms with Gasteiger partial charge in [0.05, 0.1) is 14.2 Å². The third kappa shape index (κ3) is 4.73. The van der Waals surface area contributed by atoms with Gasteiger partial charge in [0, 0.05) is 31.1 Å². The van der Waals surface area contributed by atoms with Crippen LogP contribution in [0.2, 0.25) is 0 Å². The minimum absolute atomic E-state index is 0.688. The summed E-state index contributed by atoms with van der Waals surface area (Å²) in [5.74, 6) is 4.50. The minimum Gasteiger partial charge on any atom is -0.493 e. The lowest BCUT2D eigenvalue weighted by atomic mass is 10.1. The topological polar surface area (TPSA) is 60.1 Å². The summed E-state index contributed by atoms with van der Waals surface area (Å²) in [6, 6.07) is 6.03. The predicted octanol–water partition coefficient (Wildman–Crippen LogP) is 2.00. The highest BCUT2D eigenvalue weighted by molar-refractivity contribution is 7.99. The fraction of sp³-hybridized carbons (Fsp3) is 0.562. The van der Waals surface area contributed by atoms with Crippen molar-refractivity contribution in [2.75, 3.05) is 45.4 Å². The van der Waals surface area contributed by atoms with Gasteiger partial charge in [-0.2, -0.15) is 11.8 Å². The minimum atomic E-state index is 0.688. The maximum absolute atomic E-state index is 6.04. The van der Waals surface area contributed by atoms with Crippen molar-refractivity contribution in [3.8, 4) is 11.5 Å².